The van der Waals surface area contributed by atoms with Gasteiger partial charge in [-0.2, -0.15) is 0 Å². The molecule has 0 unspecified atom stereocenters. The van der Waals surface area contributed by atoms with Gasteiger partial charge in [0.1, 0.15) is 0 Å². The van der Waals surface area contributed by atoms with Gasteiger partial charge in [-0.05, 0) is 37.6 Å². The van der Waals surface area contributed by atoms with Crippen LogP contribution >= 0.6 is 11.6 Å². The van der Waals surface area contributed by atoms with Crippen molar-refractivity contribution in [2.75, 3.05) is 36.4 Å². The second-order valence-corrected chi connectivity index (χ2v) is 6.63. The molecule has 7 heteroatoms. The number of rotatable bonds is 4. The lowest BCUT2D eigenvalue weighted by molar-refractivity contribution is -0.120. The number of hydrogen-bond acceptors (Lipinski definition) is 5. The van der Waals surface area contributed by atoms with Crippen LogP contribution in [-0.4, -0.2) is 53.0 Å². The SMILES string of the molecule is Cc1ccc(Cl)cc1NC(=O)[C@@H](C)N1CCN(c2ncccn2)CC1. The summed E-state index contributed by atoms with van der Waals surface area (Å²) in [7, 11) is 0. The predicted molar refractivity (Wildman–Crippen MR) is 100 cm³/mol. The van der Waals surface area contributed by atoms with Crippen molar-refractivity contribution in [1.29, 1.82) is 0 Å². The highest BCUT2D eigenvalue weighted by Gasteiger charge is 2.26. The summed E-state index contributed by atoms with van der Waals surface area (Å²) in [5, 5.41) is 3.60. The van der Waals surface area contributed by atoms with Crippen LogP contribution in [0.25, 0.3) is 0 Å². The highest BCUT2D eigenvalue weighted by atomic mass is 35.5. The Bertz CT molecular complexity index is 732. The van der Waals surface area contributed by atoms with E-state index in [2.05, 4.69) is 25.1 Å². The van der Waals surface area contributed by atoms with Crippen LogP contribution < -0.4 is 10.2 Å². The molecule has 132 valence electrons. The molecule has 1 atom stereocenters. The Hall–Kier alpha value is -2.18. The summed E-state index contributed by atoms with van der Waals surface area (Å²) in [6.07, 6.45) is 3.50. The lowest BCUT2D eigenvalue weighted by Gasteiger charge is -2.37. The summed E-state index contributed by atoms with van der Waals surface area (Å²) >= 11 is 6.02. The van der Waals surface area contributed by atoms with E-state index in [1.165, 1.54) is 0 Å². The maximum absolute atomic E-state index is 12.6. The van der Waals surface area contributed by atoms with E-state index in [0.717, 1.165) is 43.4 Å². The Morgan fingerprint density at radius 3 is 2.56 bits per heavy atom. The third kappa shape index (κ3) is 4.27. The Kier molecular flexibility index (Phi) is 5.50. The number of hydrogen-bond donors (Lipinski definition) is 1. The van der Waals surface area contributed by atoms with Gasteiger partial charge in [-0.3, -0.25) is 9.69 Å². The molecule has 1 aromatic heterocycles. The Morgan fingerprint density at radius 1 is 1.20 bits per heavy atom. The zero-order valence-electron chi connectivity index (χ0n) is 14.4. The molecule has 2 aromatic rings. The smallest absolute Gasteiger partial charge is 0.241 e. The number of benzene rings is 1. The summed E-state index contributed by atoms with van der Waals surface area (Å²) in [6.45, 7) is 7.08. The largest absolute Gasteiger partial charge is 0.338 e. The molecule has 0 aliphatic carbocycles. The molecule has 0 saturated carbocycles. The first-order chi connectivity index (χ1) is 12.0. The molecular weight excluding hydrogens is 338 g/mol. The van der Waals surface area contributed by atoms with Gasteiger partial charge in [0.2, 0.25) is 11.9 Å². The van der Waals surface area contributed by atoms with Gasteiger partial charge in [-0.1, -0.05) is 17.7 Å². The second kappa shape index (κ2) is 7.80. The highest BCUT2D eigenvalue weighted by Crippen LogP contribution is 2.21. The quantitative estimate of drug-likeness (QED) is 0.909. The number of carbonyl (C=O) groups excluding carboxylic acids is 1. The van der Waals surface area contributed by atoms with Crippen molar-refractivity contribution in [2.45, 2.75) is 19.9 Å². The lowest BCUT2D eigenvalue weighted by Crippen LogP contribution is -2.53. The minimum absolute atomic E-state index is 0.0187. The van der Waals surface area contributed by atoms with Crippen LogP contribution in [0.15, 0.2) is 36.7 Å². The maximum atomic E-state index is 12.6. The monoisotopic (exact) mass is 359 g/mol. The van der Waals surface area contributed by atoms with Gasteiger partial charge in [0, 0.05) is 49.3 Å². The van der Waals surface area contributed by atoms with Crippen molar-refractivity contribution in [3.63, 3.8) is 0 Å². The van der Waals surface area contributed by atoms with Gasteiger partial charge in [-0.15, -0.1) is 0 Å². The zero-order valence-corrected chi connectivity index (χ0v) is 15.2. The van der Waals surface area contributed by atoms with Crippen molar-refractivity contribution >= 4 is 29.1 Å². The minimum Gasteiger partial charge on any atom is -0.338 e. The maximum Gasteiger partial charge on any atom is 0.241 e. The van der Waals surface area contributed by atoms with Crippen molar-refractivity contribution in [3.8, 4) is 0 Å². The van der Waals surface area contributed by atoms with E-state index in [4.69, 9.17) is 11.6 Å². The molecule has 1 saturated heterocycles. The third-order valence-electron chi connectivity index (χ3n) is 4.53. The molecule has 6 nitrogen and oxygen atoms in total. The molecule has 1 aliphatic heterocycles. The van der Waals surface area contributed by atoms with Crippen LogP contribution in [0.5, 0.6) is 0 Å². The van der Waals surface area contributed by atoms with E-state index < -0.39 is 0 Å². The average molecular weight is 360 g/mol. The topological polar surface area (TPSA) is 61.4 Å². The number of carbonyl (C=O) groups is 1. The Labute approximate surface area is 152 Å². The van der Waals surface area contributed by atoms with Crippen LogP contribution in [0.4, 0.5) is 11.6 Å². The van der Waals surface area contributed by atoms with E-state index in [0.29, 0.717) is 5.02 Å². The molecule has 25 heavy (non-hydrogen) atoms. The van der Waals surface area contributed by atoms with Crippen LogP contribution in [0.1, 0.15) is 12.5 Å². The van der Waals surface area contributed by atoms with E-state index in [1.54, 1.807) is 18.5 Å². The normalized spacial score (nSPS) is 16.5. The molecule has 1 aliphatic rings. The van der Waals surface area contributed by atoms with E-state index in [-0.39, 0.29) is 11.9 Å². The number of anilines is 2. The number of nitrogens with one attached hydrogen (secondary N) is 1. The van der Waals surface area contributed by atoms with Crippen LogP contribution in [-0.2, 0) is 4.79 Å². The lowest BCUT2D eigenvalue weighted by atomic mass is 10.1. The minimum atomic E-state index is -0.211. The van der Waals surface area contributed by atoms with Crippen molar-refractivity contribution in [2.24, 2.45) is 0 Å². The fourth-order valence-electron chi connectivity index (χ4n) is 2.90. The first-order valence-electron chi connectivity index (χ1n) is 8.37. The molecular formula is C18H22ClN5O. The molecule has 2 heterocycles. The molecule has 1 aromatic carbocycles. The first-order valence-corrected chi connectivity index (χ1v) is 8.75. The van der Waals surface area contributed by atoms with Gasteiger partial charge >= 0.3 is 0 Å². The molecule has 1 N–H and O–H groups in total. The first kappa shape index (κ1) is 17.6. The molecule has 1 fully saturated rings. The Balaban J connectivity index is 1.57. The van der Waals surface area contributed by atoms with E-state index in [1.807, 2.05) is 32.0 Å². The summed E-state index contributed by atoms with van der Waals surface area (Å²) in [5.74, 6) is 0.726. The average Bonchev–Trinajstić information content (AvgIpc) is 2.65. The van der Waals surface area contributed by atoms with Crippen LogP contribution in [0.3, 0.4) is 0 Å². The summed E-state index contributed by atoms with van der Waals surface area (Å²) in [5.41, 5.74) is 1.76. The fourth-order valence-corrected chi connectivity index (χ4v) is 3.07. The number of nitrogens with zero attached hydrogens (tertiary/aromatic N) is 4. The number of amides is 1. The molecule has 0 bridgehead atoms. The van der Waals surface area contributed by atoms with E-state index >= 15 is 0 Å². The number of piperazine rings is 1. The molecule has 0 spiro atoms. The summed E-state index contributed by atoms with van der Waals surface area (Å²) in [6, 6.07) is 7.11. The standard InChI is InChI=1S/C18H22ClN5O/c1-13-4-5-15(19)12-16(13)22-17(25)14(2)23-8-10-24(11-9-23)18-20-6-3-7-21-18/h3-7,12,14H,8-11H2,1-2H3,(H,22,25)/t14-/m1/s1. The third-order valence-corrected chi connectivity index (χ3v) is 4.77. The Morgan fingerprint density at radius 2 is 1.88 bits per heavy atom. The molecule has 3 rings (SSSR count). The summed E-state index contributed by atoms with van der Waals surface area (Å²) < 4.78 is 0. The van der Waals surface area contributed by atoms with E-state index in [9.17, 15) is 4.79 Å². The highest BCUT2D eigenvalue weighted by molar-refractivity contribution is 6.31. The van der Waals surface area contributed by atoms with Gasteiger partial charge in [0.05, 0.1) is 6.04 Å². The van der Waals surface area contributed by atoms with Gasteiger partial charge < -0.3 is 10.2 Å². The van der Waals surface area contributed by atoms with Crippen LogP contribution in [0.2, 0.25) is 5.02 Å². The number of aryl methyl sites for hydroxylation is 1. The zero-order chi connectivity index (χ0) is 17.8. The summed E-state index contributed by atoms with van der Waals surface area (Å²) in [4.78, 5) is 25.5. The number of aromatic nitrogens is 2. The molecule has 1 amide bonds. The van der Waals surface area contributed by atoms with Crippen molar-refractivity contribution < 1.29 is 4.79 Å². The predicted octanol–water partition coefficient (Wildman–Crippen LogP) is 2.59. The fraction of sp³-hybridized carbons (Fsp3) is 0.389. The van der Waals surface area contributed by atoms with Crippen LogP contribution in [0, 0.1) is 6.92 Å². The van der Waals surface area contributed by atoms with Crippen molar-refractivity contribution in [1.82, 2.24) is 14.9 Å². The van der Waals surface area contributed by atoms with Gasteiger partial charge in [-0.25, -0.2) is 9.97 Å². The second-order valence-electron chi connectivity index (χ2n) is 6.20. The van der Waals surface area contributed by atoms with Gasteiger partial charge in [0.25, 0.3) is 0 Å². The number of halogens is 1. The van der Waals surface area contributed by atoms with Crippen molar-refractivity contribution in [3.05, 3.63) is 47.2 Å². The van der Waals surface area contributed by atoms with Gasteiger partial charge in [0.15, 0.2) is 0 Å². The molecule has 0 radical (unpaired) electrons.